The molecule has 0 bridgehead atoms. The van der Waals surface area contributed by atoms with E-state index in [9.17, 15) is 4.79 Å². The average Bonchev–Trinajstić information content (AvgIpc) is 2.58. The van der Waals surface area contributed by atoms with Crippen molar-refractivity contribution in [1.82, 2.24) is 0 Å². The van der Waals surface area contributed by atoms with Gasteiger partial charge in [-0.05, 0) is 48.9 Å². The van der Waals surface area contributed by atoms with Gasteiger partial charge in [-0.3, -0.25) is 4.79 Å². The molecule has 4 heteroatoms. The quantitative estimate of drug-likeness (QED) is 0.663. The summed E-state index contributed by atoms with van der Waals surface area (Å²) in [5.41, 5.74) is 2.05. The first-order chi connectivity index (χ1) is 11.6. The van der Waals surface area contributed by atoms with Gasteiger partial charge >= 0.3 is 0 Å². The molecule has 1 amide bonds. The van der Waals surface area contributed by atoms with Gasteiger partial charge in [0.25, 0.3) is 5.91 Å². The zero-order valence-electron chi connectivity index (χ0n) is 13.1. The van der Waals surface area contributed by atoms with Crippen molar-refractivity contribution in [3.63, 3.8) is 0 Å². The van der Waals surface area contributed by atoms with E-state index in [1.165, 1.54) is 0 Å². The van der Waals surface area contributed by atoms with Gasteiger partial charge in [-0.25, -0.2) is 0 Å². The van der Waals surface area contributed by atoms with E-state index in [0.29, 0.717) is 27.8 Å². The second kappa shape index (κ2) is 7.20. The maximum absolute atomic E-state index is 12.5. The van der Waals surface area contributed by atoms with E-state index in [4.69, 9.17) is 16.3 Å². The molecule has 0 saturated heterocycles. The molecule has 3 aromatic carbocycles. The Morgan fingerprint density at radius 3 is 2.42 bits per heavy atom. The predicted octanol–water partition coefficient (Wildman–Crippen LogP) is 5.69. The summed E-state index contributed by atoms with van der Waals surface area (Å²) in [6.07, 6.45) is 0. The van der Waals surface area contributed by atoms with Crippen molar-refractivity contribution >= 4 is 23.2 Å². The molecule has 0 aromatic heterocycles. The highest BCUT2D eigenvalue weighted by molar-refractivity contribution is 6.31. The Bertz CT molecular complexity index is 863. The van der Waals surface area contributed by atoms with Crippen molar-refractivity contribution in [3.8, 4) is 11.5 Å². The van der Waals surface area contributed by atoms with E-state index in [-0.39, 0.29) is 5.91 Å². The molecular formula is C20H16ClNO2. The van der Waals surface area contributed by atoms with Gasteiger partial charge in [0.15, 0.2) is 5.75 Å². The third-order valence-corrected chi connectivity index (χ3v) is 3.79. The van der Waals surface area contributed by atoms with Crippen molar-refractivity contribution in [3.05, 3.63) is 88.9 Å². The first-order valence-electron chi connectivity index (χ1n) is 7.53. The van der Waals surface area contributed by atoms with Crippen LogP contribution in [0.5, 0.6) is 11.5 Å². The summed E-state index contributed by atoms with van der Waals surface area (Å²) in [6.45, 7) is 1.90. The molecule has 0 aliphatic rings. The zero-order valence-corrected chi connectivity index (χ0v) is 13.9. The second-order valence-corrected chi connectivity index (χ2v) is 5.76. The number of nitrogens with one attached hydrogen (secondary N) is 1. The first kappa shape index (κ1) is 16.1. The van der Waals surface area contributed by atoms with Crippen LogP contribution < -0.4 is 10.1 Å². The number of carbonyl (C=O) groups is 1. The fourth-order valence-electron chi connectivity index (χ4n) is 2.32. The number of hydrogen-bond donors (Lipinski definition) is 1. The van der Waals surface area contributed by atoms with Crippen LogP contribution in [0.2, 0.25) is 5.02 Å². The highest BCUT2D eigenvalue weighted by Gasteiger charge is 2.13. The third-order valence-electron chi connectivity index (χ3n) is 3.55. The SMILES string of the molecule is Cc1ccccc1C(=O)Nc1cc(Cl)ccc1Oc1ccccc1. The molecule has 24 heavy (non-hydrogen) atoms. The lowest BCUT2D eigenvalue weighted by Gasteiger charge is -2.13. The molecule has 0 fully saturated rings. The lowest BCUT2D eigenvalue weighted by atomic mass is 10.1. The summed E-state index contributed by atoms with van der Waals surface area (Å²) in [6, 6.07) is 21.9. The standard InChI is InChI=1S/C20H16ClNO2/c1-14-7-5-6-10-17(14)20(23)22-18-13-15(21)11-12-19(18)24-16-8-3-2-4-9-16/h2-13H,1H3,(H,22,23). The third kappa shape index (κ3) is 3.76. The Hall–Kier alpha value is -2.78. The lowest BCUT2D eigenvalue weighted by molar-refractivity contribution is 0.102. The Morgan fingerprint density at radius 1 is 0.958 bits per heavy atom. The number of ether oxygens (including phenoxy) is 1. The minimum atomic E-state index is -0.201. The minimum absolute atomic E-state index is 0.201. The molecule has 0 aliphatic heterocycles. The largest absolute Gasteiger partial charge is 0.455 e. The molecular weight excluding hydrogens is 322 g/mol. The van der Waals surface area contributed by atoms with Gasteiger partial charge in [0, 0.05) is 10.6 Å². The predicted molar refractivity (Wildman–Crippen MR) is 97.1 cm³/mol. The molecule has 0 aliphatic carbocycles. The molecule has 3 rings (SSSR count). The van der Waals surface area contributed by atoms with Gasteiger partial charge < -0.3 is 10.1 Å². The van der Waals surface area contributed by atoms with Crippen LogP contribution in [-0.2, 0) is 0 Å². The Morgan fingerprint density at radius 2 is 1.67 bits per heavy atom. The monoisotopic (exact) mass is 337 g/mol. The highest BCUT2D eigenvalue weighted by atomic mass is 35.5. The van der Waals surface area contributed by atoms with Gasteiger partial charge in [-0.15, -0.1) is 0 Å². The second-order valence-electron chi connectivity index (χ2n) is 5.32. The summed E-state index contributed by atoms with van der Waals surface area (Å²) in [5, 5.41) is 3.40. The van der Waals surface area contributed by atoms with Crippen molar-refractivity contribution in [2.45, 2.75) is 6.92 Å². The van der Waals surface area contributed by atoms with Crippen molar-refractivity contribution in [1.29, 1.82) is 0 Å². The van der Waals surface area contributed by atoms with Crippen LogP contribution in [0.25, 0.3) is 0 Å². The number of rotatable bonds is 4. The van der Waals surface area contributed by atoms with Crippen LogP contribution in [0, 0.1) is 6.92 Å². The Kier molecular flexibility index (Phi) is 4.82. The summed E-state index contributed by atoms with van der Waals surface area (Å²) in [4.78, 5) is 12.5. The number of hydrogen-bond acceptors (Lipinski definition) is 2. The number of halogens is 1. The lowest BCUT2D eigenvalue weighted by Crippen LogP contribution is -2.13. The molecule has 120 valence electrons. The number of benzene rings is 3. The smallest absolute Gasteiger partial charge is 0.256 e. The number of para-hydroxylation sites is 1. The van der Waals surface area contributed by atoms with Crippen molar-refractivity contribution in [2.75, 3.05) is 5.32 Å². The molecule has 0 saturated carbocycles. The number of aryl methyl sites for hydroxylation is 1. The van der Waals surface area contributed by atoms with E-state index in [0.717, 1.165) is 5.56 Å². The van der Waals surface area contributed by atoms with E-state index in [1.54, 1.807) is 24.3 Å². The van der Waals surface area contributed by atoms with E-state index in [2.05, 4.69) is 5.32 Å². The number of carbonyl (C=O) groups excluding carboxylic acids is 1. The van der Waals surface area contributed by atoms with E-state index in [1.807, 2.05) is 55.5 Å². The fourth-order valence-corrected chi connectivity index (χ4v) is 2.49. The number of amides is 1. The van der Waals surface area contributed by atoms with Crippen molar-refractivity contribution < 1.29 is 9.53 Å². The summed E-state index contributed by atoms with van der Waals surface area (Å²) < 4.78 is 5.86. The minimum Gasteiger partial charge on any atom is -0.455 e. The molecule has 0 radical (unpaired) electrons. The normalized spacial score (nSPS) is 10.2. The molecule has 1 N–H and O–H groups in total. The highest BCUT2D eigenvalue weighted by Crippen LogP contribution is 2.32. The van der Waals surface area contributed by atoms with Gasteiger partial charge in [0.1, 0.15) is 5.75 Å². The molecule has 0 heterocycles. The van der Waals surface area contributed by atoms with Crippen LogP contribution >= 0.6 is 11.6 Å². The molecule has 0 unspecified atom stereocenters. The van der Waals surface area contributed by atoms with Gasteiger partial charge in [0.05, 0.1) is 5.69 Å². The summed E-state index contributed by atoms with van der Waals surface area (Å²) >= 11 is 6.07. The van der Waals surface area contributed by atoms with Gasteiger partial charge in [-0.1, -0.05) is 48.0 Å². The Balaban J connectivity index is 1.88. The molecule has 0 atom stereocenters. The molecule has 3 nitrogen and oxygen atoms in total. The van der Waals surface area contributed by atoms with E-state index >= 15 is 0 Å². The van der Waals surface area contributed by atoms with Crippen LogP contribution in [0.15, 0.2) is 72.8 Å². The zero-order chi connectivity index (χ0) is 16.9. The van der Waals surface area contributed by atoms with Crippen LogP contribution in [-0.4, -0.2) is 5.91 Å². The fraction of sp³-hybridized carbons (Fsp3) is 0.0500. The van der Waals surface area contributed by atoms with Crippen LogP contribution in [0.3, 0.4) is 0 Å². The topological polar surface area (TPSA) is 38.3 Å². The first-order valence-corrected chi connectivity index (χ1v) is 7.91. The van der Waals surface area contributed by atoms with Gasteiger partial charge in [-0.2, -0.15) is 0 Å². The van der Waals surface area contributed by atoms with Gasteiger partial charge in [0.2, 0.25) is 0 Å². The summed E-state index contributed by atoms with van der Waals surface area (Å²) in [5.74, 6) is 1.02. The average molecular weight is 338 g/mol. The van der Waals surface area contributed by atoms with Crippen molar-refractivity contribution in [2.24, 2.45) is 0 Å². The van der Waals surface area contributed by atoms with Crippen LogP contribution in [0.1, 0.15) is 15.9 Å². The Labute approximate surface area is 145 Å². The van der Waals surface area contributed by atoms with E-state index < -0.39 is 0 Å². The molecule has 0 spiro atoms. The maximum atomic E-state index is 12.5. The van der Waals surface area contributed by atoms with Crippen LogP contribution in [0.4, 0.5) is 5.69 Å². The number of anilines is 1. The summed E-state index contributed by atoms with van der Waals surface area (Å²) in [7, 11) is 0. The molecule has 3 aromatic rings. The maximum Gasteiger partial charge on any atom is 0.256 e.